The third-order valence-corrected chi connectivity index (χ3v) is 4.37. The molecule has 2 rings (SSSR count). The highest BCUT2D eigenvalue weighted by Crippen LogP contribution is 2.28. The Labute approximate surface area is 169 Å². The van der Waals surface area contributed by atoms with E-state index in [4.69, 9.17) is 21.1 Å². The molecule has 0 saturated carbocycles. The van der Waals surface area contributed by atoms with Crippen molar-refractivity contribution in [2.45, 2.75) is 13.3 Å². The average Bonchev–Trinajstić information content (AvgIpc) is 2.67. The highest BCUT2D eigenvalue weighted by molar-refractivity contribution is 6.34. The van der Waals surface area contributed by atoms with Crippen molar-refractivity contribution in [3.8, 4) is 11.5 Å². The minimum Gasteiger partial charge on any atom is -0.493 e. The number of carbonyl (C=O) groups excluding carboxylic acids is 2. The SMILES string of the molecule is COc1ccc(CCN(C)C(=O)Nc2ccc(NC(C)=O)cc2Cl)cc1OC. The smallest absolute Gasteiger partial charge is 0.321 e. The molecule has 28 heavy (non-hydrogen) atoms. The molecule has 0 spiro atoms. The standard InChI is InChI=1S/C20H24ClN3O4/c1-13(25)22-15-6-7-17(16(21)12-15)23-20(26)24(2)10-9-14-5-8-18(27-3)19(11-14)28-4/h5-8,11-12H,9-10H2,1-4H3,(H,22,25)(H,23,26). The number of nitrogens with one attached hydrogen (secondary N) is 2. The first-order valence-electron chi connectivity index (χ1n) is 8.64. The van der Waals surface area contributed by atoms with Gasteiger partial charge in [0.25, 0.3) is 0 Å². The Bertz CT molecular complexity index is 857. The quantitative estimate of drug-likeness (QED) is 0.729. The number of urea groups is 1. The molecule has 0 aliphatic carbocycles. The third-order valence-electron chi connectivity index (χ3n) is 4.06. The summed E-state index contributed by atoms with van der Waals surface area (Å²) in [6.45, 7) is 1.92. The van der Waals surface area contributed by atoms with E-state index in [0.717, 1.165) is 5.56 Å². The fraction of sp³-hybridized carbons (Fsp3) is 0.300. The van der Waals surface area contributed by atoms with Crippen molar-refractivity contribution in [3.05, 3.63) is 47.0 Å². The number of anilines is 2. The molecular weight excluding hydrogens is 382 g/mol. The van der Waals surface area contributed by atoms with E-state index < -0.39 is 0 Å². The average molecular weight is 406 g/mol. The van der Waals surface area contributed by atoms with Crippen LogP contribution in [0.5, 0.6) is 11.5 Å². The van der Waals surface area contributed by atoms with Crippen molar-refractivity contribution in [2.24, 2.45) is 0 Å². The largest absolute Gasteiger partial charge is 0.493 e. The molecule has 0 saturated heterocycles. The molecule has 0 atom stereocenters. The lowest BCUT2D eigenvalue weighted by Gasteiger charge is -2.19. The van der Waals surface area contributed by atoms with Gasteiger partial charge >= 0.3 is 6.03 Å². The number of rotatable bonds is 7. The van der Waals surface area contributed by atoms with Gasteiger partial charge in [0.05, 0.1) is 24.9 Å². The van der Waals surface area contributed by atoms with E-state index in [-0.39, 0.29) is 11.9 Å². The van der Waals surface area contributed by atoms with Crippen LogP contribution >= 0.6 is 11.6 Å². The van der Waals surface area contributed by atoms with Gasteiger partial charge in [-0.1, -0.05) is 17.7 Å². The molecular formula is C20H24ClN3O4. The Kier molecular flexibility index (Phi) is 7.52. The summed E-state index contributed by atoms with van der Waals surface area (Å²) in [6.07, 6.45) is 0.652. The van der Waals surface area contributed by atoms with Crippen LogP contribution < -0.4 is 20.1 Å². The van der Waals surface area contributed by atoms with E-state index in [2.05, 4.69) is 10.6 Å². The van der Waals surface area contributed by atoms with Crippen molar-refractivity contribution in [2.75, 3.05) is 38.4 Å². The van der Waals surface area contributed by atoms with Gasteiger partial charge in [0.15, 0.2) is 11.5 Å². The van der Waals surface area contributed by atoms with Gasteiger partial charge in [0.2, 0.25) is 5.91 Å². The molecule has 0 aromatic heterocycles. The minimum absolute atomic E-state index is 0.192. The predicted molar refractivity (Wildman–Crippen MR) is 111 cm³/mol. The summed E-state index contributed by atoms with van der Waals surface area (Å²) < 4.78 is 10.5. The molecule has 150 valence electrons. The van der Waals surface area contributed by atoms with Gasteiger partial charge in [0.1, 0.15) is 0 Å². The lowest BCUT2D eigenvalue weighted by Crippen LogP contribution is -2.33. The van der Waals surface area contributed by atoms with E-state index in [9.17, 15) is 9.59 Å². The number of amides is 3. The fourth-order valence-corrected chi connectivity index (χ4v) is 2.77. The van der Waals surface area contributed by atoms with Gasteiger partial charge in [-0.2, -0.15) is 0 Å². The number of methoxy groups -OCH3 is 2. The van der Waals surface area contributed by atoms with E-state index in [1.807, 2.05) is 18.2 Å². The number of nitrogens with zero attached hydrogens (tertiary/aromatic N) is 1. The summed E-state index contributed by atoms with van der Waals surface area (Å²) in [6, 6.07) is 10.3. The Hall–Kier alpha value is -2.93. The Morgan fingerprint density at radius 3 is 2.36 bits per heavy atom. The van der Waals surface area contributed by atoms with Gasteiger partial charge in [-0.3, -0.25) is 4.79 Å². The summed E-state index contributed by atoms with van der Waals surface area (Å²) in [5.41, 5.74) is 2.06. The van der Waals surface area contributed by atoms with E-state index >= 15 is 0 Å². The summed E-state index contributed by atoms with van der Waals surface area (Å²) in [5, 5.41) is 5.75. The Morgan fingerprint density at radius 2 is 1.75 bits per heavy atom. The second kappa shape index (κ2) is 9.85. The van der Waals surface area contributed by atoms with Crippen molar-refractivity contribution < 1.29 is 19.1 Å². The normalized spacial score (nSPS) is 10.2. The first-order valence-corrected chi connectivity index (χ1v) is 9.02. The summed E-state index contributed by atoms with van der Waals surface area (Å²) >= 11 is 6.19. The highest BCUT2D eigenvalue weighted by Gasteiger charge is 2.12. The molecule has 2 aromatic rings. The molecule has 2 N–H and O–H groups in total. The van der Waals surface area contributed by atoms with Crippen molar-refractivity contribution in [1.29, 1.82) is 0 Å². The zero-order valence-corrected chi connectivity index (χ0v) is 17.1. The van der Waals surface area contributed by atoms with Crippen LogP contribution in [0.4, 0.5) is 16.2 Å². The minimum atomic E-state index is -0.283. The van der Waals surface area contributed by atoms with Crippen LogP contribution in [0, 0.1) is 0 Å². The van der Waals surface area contributed by atoms with Crippen LogP contribution in [0.25, 0.3) is 0 Å². The van der Waals surface area contributed by atoms with E-state index in [1.54, 1.807) is 44.4 Å². The lowest BCUT2D eigenvalue weighted by atomic mass is 10.1. The second-order valence-electron chi connectivity index (χ2n) is 6.17. The molecule has 0 fully saturated rings. The van der Waals surface area contributed by atoms with Crippen molar-refractivity contribution in [3.63, 3.8) is 0 Å². The maximum atomic E-state index is 12.4. The topological polar surface area (TPSA) is 79.9 Å². The number of hydrogen-bond acceptors (Lipinski definition) is 4. The summed E-state index contributed by atoms with van der Waals surface area (Å²) in [4.78, 5) is 25.1. The number of carbonyl (C=O) groups is 2. The number of hydrogen-bond donors (Lipinski definition) is 2. The number of likely N-dealkylation sites (N-methyl/N-ethyl adjacent to an activating group) is 1. The fourth-order valence-electron chi connectivity index (χ4n) is 2.54. The molecule has 7 nitrogen and oxygen atoms in total. The van der Waals surface area contributed by atoms with Gasteiger partial charge in [-0.15, -0.1) is 0 Å². The van der Waals surface area contributed by atoms with Crippen LogP contribution in [-0.4, -0.2) is 44.7 Å². The van der Waals surface area contributed by atoms with Crippen LogP contribution in [-0.2, 0) is 11.2 Å². The molecule has 0 radical (unpaired) electrons. The third kappa shape index (κ3) is 5.79. The molecule has 8 heteroatoms. The molecule has 2 aromatic carbocycles. The second-order valence-corrected chi connectivity index (χ2v) is 6.57. The highest BCUT2D eigenvalue weighted by atomic mass is 35.5. The summed E-state index contributed by atoms with van der Waals surface area (Å²) in [7, 11) is 4.88. The molecule has 0 unspecified atom stereocenters. The molecule has 0 aliphatic rings. The maximum Gasteiger partial charge on any atom is 0.321 e. The first-order chi connectivity index (χ1) is 13.3. The predicted octanol–water partition coefficient (Wildman–Crippen LogP) is 4.02. The lowest BCUT2D eigenvalue weighted by molar-refractivity contribution is -0.114. The van der Waals surface area contributed by atoms with Crippen molar-refractivity contribution >= 4 is 34.9 Å². The van der Waals surface area contributed by atoms with E-state index in [0.29, 0.717) is 40.9 Å². The van der Waals surface area contributed by atoms with Crippen LogP contribution in [0.3, 0.4) is 0 Å². The Balaban J connectivity index is 1.95. The van der Waals surface area contributed by atoms with Crippen LogP contribution in [0.1, 0.15) is 12.5 Å². The Morgan fingerprint density at radius 1 is 1.04 bits per heavy atom. The molecule has 0 aliphatic heterocycles. The number of ether oxygens (including phenoxy) is 2. The number of benzene rings is 2. The zero-order valence-electron chi connectivity index (χ0n) is 16.3. The monoisotopic (exact) mass is 405 g/mol. The van der Waals surface area contributed by atoms with Crippen molar-refractivity contribution in [1.82, 2.24) is 4.90 Å². The number of halogens is 1. The van der Waals surface area contributed by atoms with Crippen LogP contribution in [0.15, 0.2) is 36.4 Å². The van der Waals surface area contributed by atoms with Gasteiger partial charge in [0, 0.05) is 26.2 Å². The summed E-state index contributed by atoms with van der Waals surface area (Å²) in [5.74, 6) is 1.12. The van der Waals surface area contributed by atoms with E-state index in [1.165, 1.54) is 6.92 Å². The van der Waals surface area contributed by atoms with Gasteiger partial charge in [-0.05, 0) is 42.3 Å². The zero-order chi connectivity index (χ0) is 20.7. The maximum absolute atomic E-state index is 12.4. The van der Waals surface area contributed by atoms with Crippen LogP contribution in [0.2, 0.25) is 5.02 Å². The molecule has 3 amide bonds. The molecule has 0 heterocycles. The van der Waals surface area contributed by atoms with Gasteiger partial charge in [-0.25, -0.2) is 4.79 Å². The first kappa shape index (κ1) is 21.4. The molecule has 0 bridgehead atoms. The van der Waals surface area contributed by atoms with Gasteiger partial charge < -0.3 is 25.0 Å².